The van der Waals surface area contributed by atoms with E-state index in [2.05, 4.69) is 35.1 Å². The number of nitrogens with zero attached hydrogens (tertiary/aromatic N) is 1. The van der Waals surface area contributed by atoms with Gasteiger partial charge in [0.2, 0.25) is 17.1 Å². The number of nitrogens with two attached hydrogens (primary N) is 1. The van der Waals surface area contributed by atoms with Crippen molar-refractivity contribution in [2.75, 3.05) is 11.1 Å². The van der Waals surface area contributed by atoms with Gasteiger partial charge in [0.05, 0.1) is 10.8 Å². The number of para-hydroxylation sites is 1. The molecule has 0 atom stereocenters. The summed E-state index contributed by atoms with van der Waals surface area (Å²) in [6.07, 6.45) is 0. The maximum atomic E-state index is 11.5. The number of nitrogen functional groups attached to an aromatic ring is 1. The van der Waals surface area contributed by atoms with E-state index in [1.54, 1.807) is 0 Å². The van der Waals surface area contributed by atoms with Crippen molar-refractivity contribution in [3.05, 3.63) is 66.7 Å². The van der Waals surface area contributed by atoms with Crippen LogP contribution in [0.1, 0.15) is 6.92 Å². The number of rotatable bonds is 2. The quantitative estimate of drug-likeness (QED) is 0.311. The maximum absolute atomic E-state index is 11.5. The molecule has 0 bridgehead atoms. The Labute approximate surface area is 164 Å². The number of anilines is 2. The SMILES string of the molecule is CC(=O)Nc1ccc2c(c1)c(-c1ccc(N)cc1)[n+](C)c1ccccc21.[Cl-]. The predicted octanol–water partition coefficient (Wildman–Crippen LogP) is 1.03. The normalized spacial score (nSPS) is 10.6. The second kappa shape index (κ2) is 7.25. The molecule has 0 spiro atoms. The van der Waals surface area contributed by atoms with Crippen LogP contribution in [0.3, 0.4) is 0 Å². The zero-order valence-electron chi connectivity index (χ0n) is 15.2. The average molecular weight is 378 g/mol. The van der Waals surface area contributed by atoms with Gasteiger partial charge in [-0.3, -0.25) is 4.79 Å². The molecule has 0 saturated carbocycles. The van der Waals surface area contributed by atoms with Crippen LogP contribution >= 0.6 is 0 Å². The first-order valence-corrected chi connectivity index (χ1v) is 8.52. The third kappa shape index (κ3) is 3.32. The van der Waals surface area contributed by atoms with E-state index in [-0.39, 0.29) is 18.3 Å². The third-order valence-electron chi connectivity index (χ3n) is 4.67. The summed E-state index contributed by atoms with van der Waals surface area (Å²) in [4.78, 5) is 11.5. The van der Waals surface area contributed by atoms with E-state index in [1.165, 1.54) is 12.3 Å². The molecule has 3 N–H and O–H groups in total. The van der Waals surface area contributed by atoms with Crippen molar-refractivity contribution in [3.8, 4) is 11.3 Å². The van der Waals surface area contributed by atoms with Crippen LogP contribution in [0.15, 0.2) is 66.7 Å². The molecule has 4 aromatic rings. The number of fused-ring (bicyclic) bond motifs is 3. The minimum Gasteiger partial charge on any atom is -1.00 e. The fourth-order valence-corrected chi connectivity index (χ4v) is 3.54. The van der Waals surface area contributed by atoms with Crippen molar-refractivity contribution in [3.63, 3.8) is 0 Å². The third-order valence-corrected chi connectivity index (χ3v) is 4.67. The lowest BCUT2D eigenvalue weighted by molar-refractivity contribution is -0.632. The maximum Gasteiger partial charge on any atom is 0.221 e. The topological polar surface area (TPSA) is 59.0 Å². The number of carbonyl (C=O) groups excluding carboxylic acids is 1. The Morgan fingerprint density at radius 3 is 2.33 bits per heavy atom. The van der Waals surface area contributed by atoms with E-state index in [9.17, 15) is 4.79 Å². The second-order valence-electron chi connectivity index (χ2n) is 6.49. The summed E-state index contributed by atoms with van der Waals surface area (Å²) < 4.78 is 2.20. The van der Waals surface area contributed by atoms with Gasteiger partial charge in [0.25, 0.3) is 0 Å². The molecule has 0 unspecified atom stereocenters. The second-order valence-corrected chi connectivity index (χ2v) is 6.49. The van der Waals surface area contributed by atoms with E-state index < -0.39 is 0 Å². The van der Waals surface area contributed by atoms with E-state index in [0.29, 0.717) is 0 Å². The van der Waals surface area contributed by atoms with Crippen LogP contribution in [0, 0.1) is 0 Å². The van der Waals surface area contributed by atoms with E-state index >= 15 is 0 Å². The van der Waals surface area contributed by atoms with Crippen LogP contribution in [0.5, 0.6) is 0 Å². The molecule has 136 valence electrons. The van der Waals surface area contributed by atoms with Crippen molar-refractivity contribution in [2.24, 2.45) is 7.05 Å². The number of pyridine rings is 1. The van der Waals surface area contributed by atoms with Gasteiger partial charge in [-0.1, -0.05) is 18.2 Å². The number of benzene rings is 3. The highest BCUT2D eigenvalue weighted by Gasteiger charge is 2.20. The summed E-state index contributed by atoms with van der Waals surface area (Å²) in [5.41, 5.74) is 10.7. The van der Waals surface area contributed by atoms with Gasteiger partial charge in [-0.05, 0) is 42.5 Å². The zero-order chi connectivity index (χ0) is 18.3. The largest absolute Gasteiger partial charge is 1.00 e. The fraction of sp³-hybridized carbons (Fsp3) is 0.0909. The van der Waals surface area contributed by atoms with Crippen molar-refractivity contribution < 1.29 is 21.8 Å². The standard InChI is InChI=1S/C22H19N3O.ClH/c1-14(26)24-17-11-12-18-19-5-3-4-6-21(19)25(2)22(20(18)13-17)15-7-9-16(23)10-8-15;/h3-13,23H,1-2H3,(H,24,26);1H. The lowest BCUT2D eigenvalue weighted by atomic mass is 9.98. The summed E-state index contributed by atoms with van der Waals surface area (Å²) >= 11 is 0. The first-order chi connectivity index (χ1) is 12.5. The fourth-order valence-electron chi connectivity index (χ4n) is 3.54. The smallest absolute Gasteiger partial charge is 0.221 e. The molecule has 4 nitrogen and oxygen atoms in total. The van der Waals surface area contributed by atoms with Gasteiger partial charge in [-0.2, -0.15) is 4.57 Å². The molecule has 0 aliphatic carbocycles. The van der Waals surface area contributed by atoms with Crippen LogP contribution < -0.4 is 28.0 Å². The number of halogens is 1. The minimum atomic E-state index is -0.0800. The van der Waals surface area contributed by atoms with E-state index in [1.807, 2.05) is 48.5 Å². The molecule has 0 radical (unpaired) electrons. The van der Waals surface area contributed by atoms with Crippen LogP contribution in [0.4, 0.5) is 11.4 Å². The first-order valence-electron chi connectivity index (χ1n) is 8.52. The van der Waals surface area contributed by atoms with E-state index in [4.69, 9.17) is 5.73 Å². The summed E-state index contributed by atoms with van der Waals surface area (Å²) in [7, 11) is 2.07. The molecule has 5 heteroatoms. The summed E-state index contributed by atoms with van der Waals surface area (Å²) in [5.74, 6) is -0.0800. The number of carbonyl (C=O) groups is 1. The van der Waals surface area contributed by atoms with Crippen LogP contribution in [-0.4, -0.2) is 5.91 Å². The molecule has 0 aliphatic heterocycles. The lowest BCUT2D eigenvalue weighted by Crippen LogP contribution is -3.00. The van der Waals surface area contributed by atoms with Crippen molar-refractivity contribution in [2.45, 2.75) is 6.92 Å². The lowest BCUT2D eigenvalue weighted by Gasteiger charge is -2.11. The van der Waals surface area contributed by atoms with Crippen molar-refractivity contribution in [1.82, 2.24) is 0 Å². The van der Waals surface area contributed by atoms with Gasteiger partial charge in [-0.15, -0.1) is 0 Å². The summed E-state index contributed by atoms with van der Waals surface area (Å²) in [6.45, 7) is 1.52. The zero-order valence-corrected chi connectivity index (χ0v) is 15.9. The molecule has 0 fully saturated rings. The van der Waals surface area contributed by atoms with Gasteiger partial charge >= 0.3 is 0 Å². The van der Waals surface area contributed by atoms with Crippen LogP contribution in [-0.2, 0) is 11.8 Å². The monoisotopic (exact) mass is 377 g/mol. The summed E-state index contributed by atoms with van der Waals surface area (Å²) in [6, 6.07) is 22.3. The highest BCUT2D eigenvalue weighted by atomic mass is 35.5. The molecule has 27 heavy (non-hydrogen) atoms. The van der Waals surface area contributed by atoms with E-state index in [0.717, 1.165) is 38.9 Å². The van der Waals surface area contributed by atoms with Gasteiger partial charge in [0.15, 0.2) is 0 Å². The molecule has 1 aromatic heterocycles. The predicted molar refractivity (Wildman–Crippen MR) is 107 cm³/mol. The number of hydrogen-bond donors (Lipinski definition) is 2. The van der Waals surface area contributed by atoms with Crippen molar-refractivity contribution >= 4 is 39.0 Å². The Kier molecular flexibility index (Phi) is 5.02. The minimum absolute atomic E-state index is 0. The molecule has 4 rings (SSSR count). The number of nitrogens with one attached hydrogen (secondary N) is 1. The number of hydrogen-bond acceptors (Lipinski definition) is 2. The average Bonchev–Trinajstić information content (AvgIpc) is 2.63. The molecular formula is C22H20ClN3O. The number of aromatic nitrogens is 1. The highest BCUT2D eigenvalue weighted by molar-refractivity contribution is 6.10. The van der Waals surface area contributed by atoms with Gasteiger partial charge < -0.3 is 23.5 Å². The van der Waals surface area contributed by atoms with Gasteiger partial charge in [0.1, 0.15) is 7.05 Å². The molecule has 0 aliphatic rings. The van der Waals surface area contributed by atoms with Gasteiger partial charge in [-0.25, -0.2) is 0 Å². The summed E-state index contributed by atoms with van der Waals surface area (Å²) in [5, 5.41) is 6.30. The Hall–Kier alpha value is -3.11. The number of aryl methyl sites for hydroxylation is 1. The van der Waals surface area contributed by atoms with Gasteiger partial charge in [0, 0.05) is 35.3 Å². The molecule has 1 amide bonds. The Bertz CT molecular complexity index is 1150. The Morgan fingerprint density at radius 1 is 0.926 bits per heavy atom. The molecular weight excluding hydrogens is 358 g/mol. The van der Waals surface area contributed by atoms with Crippen LogP contribution in [0.2, 0.25) is 0 Å². The molecule has 0 saturated heterocycles. The highest BCUT2D eigenvalue weighted by Crippen LogP contribution is 2.33. The molecule has 3 aromatic carbocycles. The Morgan fingerprint density at radius 2 is 1.63 bits per heavy atom. The first kappa shape index (κ1) is 18.7. The Balaban J connectivity index is 0.00000210. The van der Waals surface area contributed by atoms with Crippen molar-refractivity contribution in [1.29, 1.82) is 0 Å². The molecule has 1 heterocycles. The van der Waals surface area contributed by atoms with Crippen LogP contribution in [0.25, 0.3) is 32.9 Å². The number of amides is 1.